The summed E-state index contributed by atoms with van der Waals surface area (Å²) in [6.07, 6.45) is 0.0532. The van der Waals surface area contributed by atoms with Gasteiger partial charge < -0.3 is 24.4 Å². The van der Waals surface area contributed by atoms with Crippen LogP contribution in [0.2, 0.25) is 0 Å². The van der Waals surface area contributed by atoms with E-state index in [1.807, 2.05) is 43.2 Å². The summed E-state index contributed by atoms with van der Waals surface area (Å²) in [6, 6.07) is 10.8. The monoisotopic (exact) mass is 553 g/mol. The fourth-order valence-corrected chi connectivity index (χ4v) is 5.30. The van der Waals surface area contributed by atoms with E-state index < -0.39 is 17.6 Å². The van der Waals surface area contributed by atoms with Crippen molar-refractivity contribution in [1.82, 2.24) is 10.2 Å². The van der Waals surface area contributed by atoms with Gasteiger partial charge in [0.2, 0.25) is 5.91 Å². The summed E-state index contributed by atoms with van der Waals surface area (Å²) >= 11 is 1.39. The first-order valence-electron chi connectivity index (χ1n) is 12.4. The lowest BCUT2D eigenvalue weighted by molar-refractivity contribution is -0.150. The fourth-order valence-electron chi connectivity index (χ4n) is 4.33. The lowest BCUT2D eigenvalue weighted by atomic mass is 9.93. The van der Waals surface area contributed by atoms with E-state index in [0.29, 0.717) is 33.6 Å². The fraction of sp³-hybridized carbons (Fsp3) is 0.345. The van der Waals surface area contributed by atoms with E-state index in [2.05, 4.69) is 5.32 Å². The van der Waals surface area contributed by atoms with Crippen LogP contribution in [0, 0.1) is 5.82 Å². The summed E-state index contributed by atoms with van der Waals surface area (Å²) in [5.74, 6) is 0.0236. The number of hydrogen-bond acceptors (Lipinski definition) is 8. The average molecular weight is 554 g/mol. The minimum absolute atomic E-state index is 0.0532. The first-order chi connectivity index (χ1) is 18.5. The van der Waals surface area contributed by atoms with Gasteiger partial charge in [0.05, 0.1) is 38.0 Å². The number of carbonyl (C=O) groups excluding carboxylic acids is 2. The molecule has 0 fully saturated rings. The van der Waals surface area contributed by atoms with Crippen molar-refractivity contribution >= 4 is 28.8 Å². The van der Waals surface area contributed by atoms with Crippen LogP contribution in [-0.4, -0.2) is 41.8 Å². The van der Waals surface area contributed by atoms with Crippen molar-refractivity contribution in [2.45, 2.75) is 52.3 Å². The van der Waals surface area contributed by atoms with Crippen LogP contribution in [0.25, 0.3) is 0 Å². The maximum absolute atomic E-state index is 13.5. The molecule has 4 rings (SSSR count). The number of rotatable bonds is 8. The molecule has 2 aliphatic heterocycles. The summed E-state index contributed by atoms with van der Waals surface area (Å²) in [6.45, 7) is 7.48. The number of nitrogens with one attached hydrogen (secondary N) is 1. The number of allylic oxidation sites excluding steroid dienone is 1. The Kier molecular flexibility index (Phi) is 8.34. The number of hydrogen-bond donors (Lipinski definition) is 1. The topological polar surface area (TPSA) is 89.5 Å². The first-order valence-corrected chi connectivity index (χ1v) is 13.3. The number of aliphatic imine (C=N–C) groups is 1. The van der Waals surface area contributed by atoms with Gasteiger partial charge in [0, 0.05) is 12.2 Å². The van der Waals surface area contributed by atoms with E-state index in [4.69, 9.17) is 19.2 Å². The number of esters is 1. The Morgan fingerprint density at radius 2 is 1.77 bits per heavy atom. The molecule has 0 saturated heterocycles. The number of halogens is 1. The second kappa shape index (κ2) is 11.5. The molecule has 0 aliphatic carbocycles. The maximum atomic E-state index is 13.5. The van der Waals surface area contributed by atoms with Gasteiger partial charge in [-0.2, -0.15) is 0 Å². The summed E-state index contributed by atoms with van der Waals surface area (Å²) < 4.78 is 30.0. The van der Waals surface area contributed by atoms with Crippen molar-refractivity contribution in [3.05, 3.63) is 81.8 Å². The van der Waals surface area contributed by atoms with Gasteiger partial charge in [-0.3, -0.25) is 4.79 Å². The van der Waals surface area contributed by atoms with Crippen molar-refractivity contribution < 1.29 is 28.2 Å². The molecule has 39 heavy (non-hydrogen) atoms. The molecule has 1 atom stereocenters. The number of fused-ring (bicyclic) bond motifs is 1. The smallest absolute Gasteiger partial charge is 0.338 e. The van der Waals surface area contributed by atoms with Gasteiger partial charge in [-0.25, -0.2) is 14.2 Å². The molecular weight excluding hydrogens is 521 g/mol. The second-order valence-electron chi connectivity index (χ2n) is 10.1. The zero-order valence-corrected chi connectivity index (χ0v) is 23.6. The number of amidine groups is 1. The number of carbonyl (C=O) groups is 2. The minimum Gasteiger partial charge on any atom is -0.493 e. The molecule has 0 unspecified atom stereocenters. The van der Waals surface area contributed by atoms with Crippen LogP contribution in [0.3, 0.4) is 0 Å². The molecule has 0 saturated carbocycles. The largest absolute Gasteiger partial charge is 0.493 e. The van der Waals surface area contributed by atoms with Gasteiger partial charge >= 0.3 is 5.97 Å². The number of methoxy groups -OCH3 is 2. The second-order valence-corrected chi connectivity index (χ2v) is 10.9. The Labute approximate surface area is 231 Å². The standard InChI is InChI=1S/C29H32FN3O5S/c1-17-25(27(35)38-29(2,3)4)26(19-9-12-22(36-5)23(13-19)37-6)33-21(16-39-28(33)32-17)14-24(34)31-15-18-7-10-20(30)11-8-18/h7-13,16,26H,14-15H2,1-6H3,(H,31,34)/t26-/m1/s1. The van der Waals surface area contributed by atoms with E-state index in [1.54, 1.807) is 39.3 Å². The third-order valence-electron chi connectivity index (χ3n) is 6.09. The molecule has 1 amide bonds. The van der Waals surface area contributed by atoms with Gasteiger partial charge in [-0.15, -0.1) is 0 Å². The van der Waals surface area contributed by atoms with E-state index >= 15 is 0 Å². The summed E-state index contributed by atoms with van der Waals surface area (Å²) in [7, 11) is 3.11. The first kappa shape index (κ1) is 28.2. The third kappa shape index (κ3) is 6.44. The van der Waals surface area contributed by atoms with E-state index in [9.17, 15) is 14.0 Å². The van der Waals surface area contributed by atoms with Crippen molar-refractivity contribution in [3.63, 3.8) is 0 Å². The highest BCUT2D eigenvalue weighted by molar-refractivity contribution is 8.16. The molecule has 2 aromatic rings. The molecule has 0 aromatic heterocycles. The highest BCUT2D eigenvalue weighted by Gasteiger charge is 2.42. The maximum Gasteiger partial charge on any atom is 0.338 e. The Morgan fingerprint density at radius 3 is 2.41 bits per heavy atom. The molecule has 2 aliphatic rings. The minimum atomic E-state index is -0.713. The van der Waals surface area contributed by atoms with Crippen molar-refractivity contribution in [2.75, 3.05) is 14.2 Å². The van der Waals surface area contributed by atoms with Gasteiger partial charge in [0.15, 0.2) is 16.7 Å². The molecule has 2 aromatic carbocycles. The number of nitrogens with zero attached hydrogens (tertiary/aromatic N) is 2. The molecule has 1 N–H and O–H groups in total. The van der Waals surface area contributed by atoms with Crippen LogP contribution in [0.15, 0.2) is 69.8 Å². The van der Waals surface area contributed by atoms with Gasteiger partial charge in [-0.1, -0.05) is 30.0 Å². The number of amides is 1. The average Bonchev–Trinajstić information content (AvgIpc) is 3.27. The van der Waals surface area contributed by atoms with Crippen molar-refractivity contribution in [3.8, 4) is 11.5 Å². The lowest BCUT2D eigenvalue weighted by Gasteiger charge is -2.37. The number of benzene rings is 2. The van der Waals surface area contributed by atoms with Crippen LogP contribution >= 0.6 is 11.8 Å². The van der Waals surface area contributed by atoms with E-state index in [-0.39, 0.29) is 24.7 Å². The molecule has 10 heteroatoms. The quantitative estimate of drug-likeness (QED) is 0.434. The molecular formula is C29H32FN3O5S. The predicted molar refractivity (Wildman–Crippen MR) is 149 cm³/mol. The van der Waals surface area contributed by atoms with E-state index in [1.165, 1.54) is 23.9 Å². The van der Waals surface area contributed by atoms with Gasteiger partial charge in [0.25, 0.3) is 0 Å². The van der Waals surface area contributed by atoms with Crippen molar-refractivity contribution in [1.29, 1.82) is 0 Å². The normalized spacial score (nSPS) is 16.8. The summed E-state index contributed by atoms with van der Waals surface area (Å²) in [5, 5.41) is 5.41. The van der Waals surface area contributed by atoms with Crippen LogP contribution in [0.5, 0.6) is 11.5 Å². The highest BCUT2D eigenvalue weighted by atomic mass is 32.2. The Balaban J connectivity index is 1.66. The zero-order chi connectivity index (χ0) is 28.3. The Morgan fingerprint density at radius 1 is 1.08 bits per heavy atom. The third-order valence-corrected chi connectivity index (χ3v) is 6.98. The molecule has 2 heterocycles. The van der Waals surface area contributed by atoms with Crippen LogP contribution < -0.4 is 14.8 Å². The van der Waals surface area contributed by atoms with Crippen LogP contribution in [-0.2, 0) is 20.9 Å². The zero-order valence-electron chi connectivity index (χ0n) is 22.8. The summed E-state index contributed by atoms with van der Waals surface area (Å²) in [5.41, 5.74) is 2.42. The molecule has 8 nitrogen and oxygen atoms in total. The van der Waals surface area contributed by atoms with Gasteiger partial charge in [0.1, 0.15) is 11.4 Å². The molecule has 0 bridgehead atoms. The molecule has 0 radical (unpaired) electrons. The number of ether oxygens (including phenoxy) is 3. The number of thioether (sulfide) groups is 1. The Hall–Kier alpha value is -3.79. The summed E-state index contributed by atoms with van der Waals surface area (Å²) in [4.78, 5) is 33.1. The van der Waals surface area contributed by atoms with Crippen LogP contribution in [0.4, 0.5) is 4.39 Å². The Bertz CT molecular complexity index is 1360. The highest BCUT2D eigenvalue weighted by Crippen LogP contribution is 2.46. The lowest BCUT2D eigenvalue weighted by Crippen LogP contribution is -2.39. The molecule has 206 valence electrons. The van der Waals surface area contributed by atoms with Crippen LogP contribution in [0.1, 0.15) is 51.3 Å². The SMILES string of the molecule is COc1ccc([C@@H]2C(C(=O)OC(C)(C)C)=C(C)N=C3SC=C(CC(=O)NCc4ccc(F)cc4)N32)cc1OC. The molecule has 0 spiro atoms. The van der Waals surface area contributed by atoms with E-state index in [0.717, 1.165) is 11.1 Å². The predicted octanol–water partition coefficient (Wildman–Crippen LogP) is 5.47. The van der Waals surface area contributed by atoms with Gasteiger partial charge in [-0.05, 0) is 68.5 Å². The van der Waals surface area contributed by atoms with Crippen molar-refractivity contribution in [2.24, 2.45) is 4.99 Å².